The molecule has 0 bridgehead atoms. The van der Waals surface area contributed by atoms with Crippen LogP contribution in [0.1, 0.15) is 51.0 Å². The van der Waals surface area contributed by atoms with Crippen molar-refractivity contribution in [3.63, 3.8) is 0 Å². The van der Waals surface area contributed by atoms with Crippen LogP contribution in [0, 0.1) is 0 Å². The Balaban J connectivity index is 1.98. The van der Waals surface area contributed by atoms with Crippen molar-refractivity contribution in [2.24, 2.45) is 0 Å². The Morgan fingerprint density at radius 2 is 1.54 bits per heavy atom. The molecular weight excluding hydrogens is 628 g/mol. The number of rotatable bonds is 10. The van der Waals surface area contributed by atoms with Gasteiger partial charge in [0.1, 0.15) is 12.6 Å². The number of carbonyl (C=O) groups is 2. The highest BCUT2D eigenvalue weighted by Crippen LogP contribution is 2.36. The predicted molar refractivity (Wildman–Crippen MR) is 160 cm³/mol. The van der Waals surface area contributed by atoms with E-state index in [0.29, 0.717) is 22.0 Å². The van der Waals surface area contributed by atoms with Crippen LogP contribution in [0.15, 0.2) is 30.3 Å². The topological polar surface area (TPSA) is 86.8 Å². The third-order valence-corrected chi connectivity index (χ3v) is 9.50. The maximum Gasteiger partial charge on any atom is 0.244 e. The van der Waals surface area contributed by atoms with Crippen LogP contribution in [0.5, 0.6) is 0 Å². The minimum absolute atomic E-state index is 0.000686. The highest BCUT2D eigenvalue weighted by molar-refractivity contribution is 7.92. The zero-order valence-electron chi connectivity index (χ0n) is 21.5. The van der Waals surface area contributed by atoms with Crippen LogP contribution in [-0.4, -0.2) is 50.0 Å². The lowest BCUT2D eigenvalue weighted by Gasteiger charge is -2.34. The monoisotopic (exact) mass is 655 g/mol. The van der Waals surface area contributed by atoms with E-state index in [9.17, 15) is 18.0 Å². The Bertz CT molecular complexity index is 1320. The molecule has 1 aliphatic rings. The first-order valence-corrected chi connectivity index (χ1v) is 16.2. The number of hydrogen-bond acceptors (Lipinski definition) is 4. The smallest absolute Gasteiger partial charge is 0.244 e. The Morgan fingerprint density at radius 1 is 0.923 bits per heavy atom. The third kappa shape index (κ3) is 8.54. The van der Waals surface area contributed by atoms with Crippen molar-refractivity contribution in [2.75, 3.05) is 17.1 Å². The van der Waals surface area contributed by atoms with Gasteiger partial charge >= 0.3 is 0 Å². The fourth-order valence-corrected chi connectivity index (χ4v) is 6.46. The number of halogens is 5. The number of hydrogen-bond donors (Lipinski definition) is 1. The van der Waals surface area contributed by atoms with Crippen LogP contribution < -0.4 is 9.62 Å². The number of nitrogens with one attached hydrogen (secondary N) is 1. The molecule has 0 spiro atoms. The quantitative estimate of drug-likeness (QED) is 0.280. The van der Waals surface area contributed by atoms with Crippen molar-refractivity contribution in [1.82, 2.24) is 10.2 Å². The molecule has 0 aromatic heterocycles. The summed E-state index contributed by atoms with van der Waals surface area (Å²) in [5.74, 6) is -0.907. The van der Waals surface area contributed by atoms with Gasteiger partial charge in [0.05, 0.1) is 37.1 Å². The number of amides is 2. The normalized spacial score (nSPS) is 15.1. The first kappa shape index (κ1) is 32.1. The van der Waals surface area contributed by atoms with Crippen LogP contribution >= 0.6 is 58.0 Å². The van der Waals surface area contributed by atoms with E-state index in [0.717, 1.165) is 42.7 Å². The molecule has 214 valence electrons. The molecule has 0 aliphatic heterocycles. The van der Waals surface area contributed by atoms with Gasteiger partial charge in [-0.15, -0.1) is 0 Å². The van der Waals surface area contributed by atoms with Crippen molar-refractivity contribution in [3.05, 3.63) is 61.0 Å². The van der Waals surface area contributed by atoms with Gasteiger partial charge in [0.2, 0.25) is 21.8 Å². The minimum Gasteiger partial charge on any atom is -0.352 e. The fourth-order valence-electron chi connectivity index (χ4n) is 4.60. The summed E-state index contributed by atoms with van der Waals surface area (Å²) in [5.41, 5.74) is 0.622. The van der Waals surface area contributed by atoms with Crippen LogP contribution in [-0.2, 0) is 26.2 Å². The van der Waals surface area contributed by atoms with Crippen molar-refractivity contribution in [2.45, 2.75) is 64.1 Å². The molecular formula is C26H30Cl5N3O4S. The van der Waals surface area contributed by atoms with Gasteiger partial charge in [0, 0.05) is 12.6 Å². The largest absolute Gasteiger partial charge is 0.352 e. The SMILES string of the molecule is CCC(C(=O)NC1CCCCC1)N(Cc1ccc(Cl)c(Cl)c1)C(=O)CN(c1cc(Cl)c(Cl)cc1Cl)S(C)(=O)=O. The average molecular weight is 658 g/mol. The maximum atomic E-state index is 13.9. The molecule has 3 rings (SSSR count). The standard InChI is InChI=1S/C26H30Cl5N3O4S/c1-3-23(26(36)32-17-7-5-4-6-8-17)33(14-16-9-10-18(27)19(28)11-16)25(35)15-34(39(2,37)38)24-13-21(30)20(29)12-22(24)31/h9-13,17,23H,3-8,14-15H2,1-2H3,(H,32,36). The number of sulfonamides is 1. The van der Waals surface area contributed by atoms with E-state index in [-0.39, 0.29) is 39.2 Å². The van der Waals surface area contributed by atoms with E-state index in [1.807, 2.05) is 0 Å². The molecule has 39 heavy (non-hydrogen) atoms. The van der Waals surface area contributed by atoms with Crippen LogP contribution in [0.4, 0.5) is 5.69 Å². The highest BCUT2D eigenvalue weighted by atomic mass is 35.5. The number of benzene rings is 2. The molecule has 0 heterocycles. The Kier molecular flexibility index (Phi) is 11.5. The Morgan fingerprint density at radius 3 is 2.13 bits per heavy atom. The van der Waals surface area contributed by atoms with E-state index < -0.39 is 28.5 Å². The summed E-state index contributed by atoms with van der Waals surface area (Å²) >= 11 is 30.8. The van der Waals surface area contributed by atoms with Gasteiger partial charge in [-0.25, -0.2) is 8.42 Å². The summed E-state index contributed by atoms with van der Waals surface area (Å²) in [7, 11) is -4.00. The van der Waals surface area contributed by atoms with E-state index >= 15 is 0 Å². The fraction of sp³-hybridized carbons (Fsp3) is 0.462. The van der Waals surface area contributed by atoms with E-state index in [1.54, 1.807) is 25.1 Å². The first-order chi connectivity index (χ1) is 18.3. The number of anilines is 1. The van der Waals surface area contributed by atoms with Gasteiger partial charge in [0.25, 0.3) is 0 Å². The molecule has 2 aromatic carbocycles. The Labute approximate surface area is 254 Å². The molecule has 1 unspecified atom stereocenters. The summed E-state index contributed by atoms with van der Waals surface area (Å²) < 4.78 is 26.5. The molecule has 0 saturated heterocycles. The number of nitrogens with zero attached hydrogens (tertiary/aromatic N) is 2. The van der Waals surface area contributed by atoms with Gasteiger partial charge < -0.3 is 10.2 Å². The molecule has 1 N–H and O–H groups in total. The summed E-state index contributed by atoms with van der Waals surface area (Å²) in [5, 5.41) is 3.93. The average Bonchev–Trinajstić information content (AvgIpc) is 2.86. The lowest BCUT2D eigenvalue weighted by molar-refractivity contribution is -0.140. The second-order valence-corrected chi connectivity index (χ2v) is 13.5. The van der Waals surface area contributed by atoms with Gasteiger partial charge in [-0.3, -0.25) is 13.9 Å². The minimum atomic E-state index is -4.00. The van der Waals surface area contributed by atoms with Gasteiger partial charge in [0.15, 0.2) is 0 Å². The number of carbonyl (C=O) groups excluding carboxylic acids is 2. The molecule has 1 fully saturated rings. The maximum absolute atomic E-state index is 13.9. The molecule has 2 amide bonds. The summed E-state index contributed by atoms with van der Waals surface area (Å²) in [4.78, 5) is 28.7. The lowest BCUT2D eigenvalue weighted by atomic mass is 9.95. The summed E-state index contributed by atoms with van der Waals surface area (Å²) in [6.45, 7) is 1.18. The van der Waals surface area contributed by atoms with Crippen molar-refractivity contribution in [3.8, 4) is 0 Å². The molecule has 2 aromatic rings. The van der Waals surface area contributed by atoms with E-state index in [2.05, 4.69) is 5.32 Å². The molecule has 0 radical (unpaired) electrons. The molecule has 7 nitrogen and oxygen atoms in total. The molecule has 13 heteroatoms. The van der Waals surface area contributed by atoms with Crippen molar-refractivity contribution < 1.29 is 18.0 Å². The molecule has 1 saturated carbocycles. The zero-order valence-corrected chi connectivity index (χ0v) is 26.1. The summed E-state index contributed by atoms with van der Waals surface area (Å²) in [6, 6.07) is 6.68. The zero-order chi connectivity index (χ0) is 28.9. The second-order valence-electron chi connectivity index (χ2n) is 9.53. The van der Waals surface area contributed by atoms with Crippen LogP contribution in [0.25, 0.3) is 0 Å². The predicted octanol–water partition coefficient (Wildman–Crippen LogP) is 6.98. The van der Waals surface area contributed by atoms with Gasteiger partial charge in [-0.1, -0.05) is 90.3 Å². The summed E-state index contributed by atoms with van der Waals surface area (Å²) in [6.07, 6.45) is 6.20. The van der Waals surface area contributed by atoms with E-state index in [1.165, 1.54) is 17.0 Å². The van der Waals surface area contributed by atoms with Crippen molar-refractivity contribution >= 4 is 85.5 Å². The van der Waals surface area contributed by atoms with Crippen LogP contribution in [0.3, 0.4) is 0 Å². The molecule has 1 atom stereocenters. The van der Waals surface area contributed by atoms with Crippen molar-refractivity contribution in [1.29, 1.82) is 0 Å². The van der Waals surface area contributed by atoms with Gasteiger partial charge in [-0.05, 0) is 49.1 Å². The lowest BCUT2D eigenvalue weighted by Crippen LogP contribution is -2.54. The second kappa shape index (κ2) is 14.0. The highest BCUT2D eigenvalue weighted by Gasteiger charge is 2.33. The molecule has 1 aliphatic carbocycles. The van der Waals surface area contributed by atoms with Gasteiger partial charge in [-0.2, -0.15) is 0 Å². The van der Waals surface area contributed by atoms with Crippen LogP contribution in [0.2, 0.25) is 25.1 Å². The van der Waals surface area contributed by atoms with E-state index in [4.69, 9.17) is 58.0 Å². The third-order valence-electron chi connectivity index (χ3n) is 6.61. The first-order valence-electron chi connectivity index (χ1n) is 12.5. The Hall–Kier alpha value is -1.42.